The number of carbonyl (C=O) groups is 2. The van der Waals surface area contributed by atoms with E-state index in [-0.39, 0.29) is 12.0 Å². The molecule has 1 rings (SSSR count). The summed E-state index contributed by atoms with van der Waals surface area (Å²) in [5, 5.41) is 12.7. The lowest BCUT2D eigenvalue weighted by Gasteiger charge is -2.26. The number of ether oxygens (including phenoxy) is 1. The fourth-order valence-corrected chi connectivity index (χ4v) is 1.79. The van der Waals surface area contributed by atoms with Crippen LogP contribution in [-0.2, 0) is 9.53 Å². The maximum Gasteiger partial charge on any atom is 0.331 e. The summed E-state index contributed by atoms with van der Waals surface area (Å²) in [6, 6.07) is 7.46. The van der Waals surface area contributed by atoms with Gasteiger partial charge in [0.2, 0.25) is 0 Å². The number of hydrogen-bond acceptors (Lipinski definition) is 4. The van der Waals surface area contributed by atoms with E-state index in [9.17, 15) is 14.7 Å². The van der Waals surface area contributed by atoms with Crippen molar-refractivity contribution in [2.75, 3.05) is 0 Å². The van der Waals surface area contributed by atoms with Crippen molar-refractivity contribution < 1.29 is 19.4 Å². The standard InChI is InChI=1S/C16H23NO4/c1-10(2)14(18)13(16(20)21-11(3)4)17-15(19)12-8-6-5-7-9-12/h5-11,13-14,18H,1-4H3,(H,17,19)/t13-,14-/m0/s1. The average Bonchev–Trinajstić information content (AvgIpc) is 2.43. The van der Waals surface area contributed by atoms with Gasteiger partial charge in [0.1, 0.15) is 0 Å². The predicted octanol–water partition coefficient (Wildman–Crippen LogP) is 1.75. The number of aliphatic hydroxyl groups is 1. The summed E-state index contributed by atoms with van der Waals surface area (Å²) in [5.41, 5.74) is 0.427. The molecule has 0 bridgehead atoms. The minimum Gasteiger partial charge on any atom is -0.461 e. The van der Waals surface area contributed by atoms with Gasteiger partial charge in [-0.05, 0) is 31.9 Å². The molecule has 0 saturated heterocycles. The third kappa shape index (κ3) is 5.19. The second kappa shape index (κ2) is 7.78. The van der Waals surface area contributed by atoms with Crippen LogP contribution in [0.5, 0.6) is 0 Å². The number of nitrogens with one attached hydrogen (secondary N) is 1. The van der Waals surface area contributed by atoms with Gasteiger partial charge in [0.15, 0.2) is 6.04 Å². The van der Waals surface area contributed by atoms with Gasteiger partial charge in [0.05, 0.1) is 12.2 Å². The van der Waals surface area contributed by atoms with Crippen molar-refractivity contribution in [3.63, 3.8) is 0 Å². The molecule has 0 aromatic heterocycles. The Labute approximate surface area is 125 Å². The number of hydrogen-bond donors (Lipinski definition) is 2. The van der Waals surface area contributed by atoms with Gasteiger partial charge < -0.3 is 15.2 Å². The average molecular weight is 293 g/mol. The summed E-state index contributed by atoms with van der Waals surface area (Å²) in [6.07, 6.45) is -1.32. The van der Waals surface area contributed by atoms with Crippen molar-refractivity contribution in [3.8, 4) is 0 Å². The summed E-state index contributed by atoms with van der Waals surface area (Å²) in [7, 11) is 0. The van der Waals surface area contributed by atoms with E-state index in [1.54, 1.807) is 58.0 Å². The van der Waals surface area contributed by atoms with Crippen LogP contribution in [0.1, 0.15) is 38.1 Å². The van der Waals surface area contributed by atoms with Crippen LogP contribution in [-0.4, -0.2) is 35.2 Å². The molecule has 0 unspecified atom stereocenters. The summed E-state index contributed by atoms with van der Waals surface area (Å²) in [6.45, 7) is 6.98. The molecule has 1 amide bonds. The molecule has 0 aliphatic heterocycles. The van der Waals surface area contributed by atoms with Crippen molar-refractivity contribution in [3.05, 3.63) is 35.9 Å². The minimum atomic E-state index is -1.08. The first-order valence-corrected chi connectivity index (χ1v) is 7.07. The van der Waals surface area contributed by atoms with Gasteiger partial charge in [-0.3, -0.25) is 4.79 Å². The minimum absolute atomic E-state index is 0.189. The Bertz CT molecular complexity index is 470. The fraction of sp³-hybridized carbons (Fsp3) is 0.500. The first-order valence-electron chi connectivity index (χ1n) is 7.07. The highest BCUT2D eigenvalue weighted by Gasteiger charge is 2.32. The highest BCUT2D eigenvalue weighted by molar-refractivity contribution is 5.96. The van der Waals surface area contributed by atoms with Crippen LogP contribution >= 0.6 is 0 Å². The zero-order chi connectivity index (χ0) is 16.0. The molecule has 1 aromatic carbocycles. The SMILES string of the molecule is CC(C)OC(=O)[C@@H](NC(=O)c1ccccc1)[C@@H](O)C(C)C. The van der Waals surface area contributed by atoms with Crippen molar-refractivity contribution in [2.24, 2.45) is 5.92 Å². The lowest BCUT2D eigenvalue weighted by atomic mass is 9.99. The van der Waals surface area contributed by atoms with Gasteiger partial charge in [-0.25, -0.2) is 4.79 Å². The van der Waals surface area contributed by atoms with Crippen molar-refractivity contribution in [1.82, 2.24) is 5.32 Å². The number of carbonyl (C=O) groups excluding carboxylic acids is 2. The first kappa shape index (κ1) is 17.2. The van der Waals surface area contributed by atoms with E-state index >= 15 is 0 Å². The van der Waals surface area contributed by atoms with Crippen LogP contribution in [0.2, 0.25) is 0 Å². The number of amides is 1. The van der Waals surface area contributed by atoms with E-state index in [1.165, 1.54) is 0 Å². The third-order valence-corrected chi connectivity index (χ3v) is 2.95. The molecular formula is C16H23NO4. The summed E-state index contributed by atoms with van der Waals surface area (Å²) >= 11 is 0. The van der Waals surface area contributed by atoms with Gasteiger partial charge in [-0.2, -0.15) is 0 Å². The molecule has 116 valence electrons. The maximum atomic E-state index is 12.1. The quantitative estimate of drug-likeness (QED) is 0.784. The number of aliphatic hydroxyl groups excluding tert-OH is 1. The molecule has 0 saturated carbocycles. The Balaban J connectivity index is 2.87. The van der Waals surface area contributed by atoms with E-state index in [0.29, 0.717) is 5.56 Å². The fourth-order valence-electron chi connectivity index (χ4n) is 1.79. The van der Waals surface area contributed by atoms with Crippen LogP contribution in [0.3, 0.4) is 0 Å². The molecule has 0 radical (unpaired) electrons. The topological polar surface area (TPSA) is 75.6 Å². The molecule has 0 aliphatic carbocycles. The molecular weight excluding hydrogens is 270 g/mol. The van der Waals surface area contributed by atoms with Gasteiger partial charge in [0.25, 0.3) is 5.91 Å². The largest absolute Gasteiger partial charge is 0.461 e. The molecule has 21 heavy (non-hydrogen) atoms. The van der Waals surface area contributed by atoms with Crippen molar-refractivity contribution in [1.29, 1.82) is 0 Å². The highest BCUT2D eigenvalue weighted by atomic mass is 16.5. The van der Waals surface area contributed by atoms with Crippen molar-refractivity contribution in [2.45, 2.75) is 45.9 Å². The lowest BCUT2D eigenvalue weighted by Crippen LogP contribution is -2.51. The van der Waals surface area contributed by atoms with Gasteiger partial charge >= 0.3 is 5.97 Å². The van der Waals surface area contributed by atoms with Crippen molar-refractivity contribution >= 4 is 11.9 Å². The second-order valence-corrected chi connectivity index (χ2v) is 5.54. The Hall–Kier alpha value is -1.88. The molecule has 2 atom stereocenters. The van der Waals surface area contributed by atoms with E-state index in [4.69, 9.17) is 4.74 Å². The number of benzene rings is 1. The number of esters is 1. The van der Waals surface area contributed by atoms with Gasteiger partial charge in [0, 0.05) is 5.56 Å². The molecule has 0 fully saturated rings. The Morgan fingerprint density at radius 1 is 1.10 bits per heavy atom. The summed E-state index contributed by atoms with van der Waals surface area (Å²) in [4.78, 5) is 24.2. The molecule has 2 N–H and O–H groups in total. The monoisotopic (exact) mass is 293 g/mol. The Kier molecular flexibility index (Phi) is 6.37. The maximum absolute atomic E-state index is 12.1. The third-order valence-electron chi connectivity index (χ3n) is 2.95. The molecule has 5 nitrogen and oxygen atoms in total. The smallest absolute Gasteiger partial charge is 0.331 e. The summed E-state index contributed by atoms with van der Waals surface area (Å²) < 4.78 is 5.11. The van der Waals surface area contributed by atoms with E-state index in [2.05, 4.69) is 5.32 Å². The van der Waals surface area contributed by atoms with Crippen LogP contribution in [0.25, 0.3) is 0 Å². The van der Waals surface area contributed by atoms with Crippen LogP contribution < -0.4 is 5.32 Å². The van der Waals surface area contributed by atoms with Crippen LogP contribution in [0.4, 0.5) is 0 Å². The van der Waals surface area contributed by atoms with E-state index in [1.807, 2.05) is 0 Å². The van der Waals surface area contributed by atoms with E-state index in [0.717, 1.165) is 0 Å². The molecule has 5 heteroatoms. The second-order valence-electron chi connectivity index (χ2n) is 5.54. The normalized spacial score (nSPS) is 13.9. The van der Waals surface area contributed by atoms with Gasteiger partial charge in [-0.15, -0.1) is 0 Å². The van der Waals surface area contributed by atoms with E-state index < -0.39 is 24.0 Å². The molecule has 1 aromatic rings. The number of rotatable bonds is 6. The predicted molar refractivity (Wildman–Crippen MR) is 79.8 cm³/mol. The highest BCUT2D eigenvalue weighted by Crippen LogP contribution is 2.10. The zero-order valence-corrected chi connectivity index (χ0v) is 12.9. The molecule has 0 spiro atoms. The lowest BCUT2D eigenvalue weighted by molar-refractivity contribution is -0.153. The molecule has 0 aliphatic rings. The summed E-state index contributed by atoms with van der Waals surface area (Å²) in [5.74, 6) is -1.23. The zero-order valence-electron chi connectivity index (χ0n) is 12.9. The first-order chi connectivity index (χ1) is 9.82. The van der Waals surface area contributed by atoms with Gasteiger partial charge in [-0.1, -0.05) is 32.0 Å². The Morgan fingerprint density at radius 2 is 1.67 bits per heavy atom. The van der Waals surface area contributed by atoms with Crippen LogP contribution in [0.15, 0.2) is 30.3 Å². The molecule has 0 heterocycles. The Morgan fingerprint density at radius 3 is 2.14 bits per heavy atom. The van der Waals surface area contributed by atoms with Crippen LogP contribution in [0, 0.1) is 5.92 Å².